The highest BCUT2D eigenvalue weighted by molar-refractivity contribution is 6.32. The number of carboxylic acids is 1. The summed E-state index contributed by atoms with van der Waals surface area (Å²) in [6, 6.07) is 1.77. The molecule has 0 aliphatic carbocycles. The fourth-order valence-electron chi connectivity index (χ4n) is 2.12. The van der Waals surface area contributed by atoms with Crippen LogP contribution in [-0.4, -0.2) is 23.5 Å². The molecule has 0 unspecified atom stereocenters. The van der Waals surface area contributed by atoms with Crippen LogP contribution in [0.5, 0.6) is 5.75 Å². The molecule has 0 saturated heterocycles. The Hall–Kier alpha value is -1.55. The molecule has 0 atom stereocenters. The third-order valence-corrected chi connectivity index (χ3v) is 3.76. The average molecular weight is 313 g/mol. The lowest BCUT2D eigenvalue weighted by atomic mass is 9.97. The standard InChI is InChI=1S/C16H21ClO4/c1-4-8-21-13-9-10(2)16(17)11(3)15(13)12(18)6-5-7-14(19)20/h9H,4-8H2,1-3H3,(H,19,20). The van der Waals surface area contributed by atoms with Crippen LogP contribution in [0, 0.1) is 13.8 Å². The molecular formula is C16H21ClO4. The topological polar surface area (TPSA) is 63.6 Å². The number of aliphatic carboxylic acids is 1. The van der Waals surface area contributed by atoms with E-state index in [1.54, 1.807) is 13.0 Å². The van der Waals surface area contributed by atoms with Gasteiger partial charge in [0.25, 0.3) is 0 Å². The number of carbonyl (C=O) groups excluding carboxylic acids is 1. The molecule has 116 valence electrons. The Labute approximate surface area is 130 Å². The lowest BCUT2D eigenvalue weighted by Crippen LogP contribution is -2.09. The summed E-state index contributed by atoms with van der Waals surface area (Å²) < 4.78 is 5.66. The zero-order chi connectivity index (χ0) is 16.0. The van der Waals surface area contributed by atoms with Gasteiger partial charge in [-0.25, -0.2) is 0 Å². The number of rotatable bonds is 8. The Morgan fingerprint density at radius 3 is 2.52 bits per heavy atom. The number of ketones is 1. The molecule has 0 amide bonds. The van der Waals surface area contributed by atoms with Crippen molar-refractivity contribution in [3.63, 3.8) is 0 Å². The van der Waals surface area contributed by atoms with Gasteiger partial charge in [0.15, 0.2) is 5.78 Å². The van der Waals surface area contributed by atoms with Crippen LogP contribution in [0.15, 0.2) is 6.07 Å². The highest BCUT2D eigenvalue weighted by Crippen LogP contribution is 2.33. The predicted molar refractivity (Wildman–Crippen MR) is 82.5 cm³/mol. The monoisotopic (exact) mass is 312 g/mol. The van der Waals surface area contributed by atoms with Crippen molar-refractivity contribution in [3.05, 3.63) is 27.8 Å². The van der Waals surface area contributed by atoms with Gasteiger partial charge in [-0.1, -0.05) is 18.5 Å². The fraction of sp³-hybridized carbons (Fsp3) is 0.500. The summed E-state index contributed by atoms with van der Waals surface area (Å²) in [5, 5.41) is 9.20. The first-order valence-corrected chi connectivity index (χ1v) is 7.43. The van der Waals surface area contributed by atoms with Gasteiger partial charge in [0.2, 0.25) is 0 Å². The number of benzene rings is 1. The fourth-order valence-corrected chi connectivity index (χ4v) is 2.27. The summed E-state index contributed by atoms with van der Waals surface area (Å²) in [5.41, 5.74) is 2.04. The normalized spacial score (nSPS) is 10.5. The molecular weight excluding hydrogens is 292 g/mol. The minimum Gasteiger partial charge on any atom is -0.493 e. The zero-order valence-electron chi connectivity index (χ0n) is 12.7. The van der Waals surface area contributed by atoms with E-state index in [1.807, 2.05) is 13.8 Å². The molecule has 0 aliphatic heterocycles. The van der Waals surface area contributed by atoms with Gasteiger partial charge in [-0.2, -0.15) is 0 Å². The quantitative estimate of drug-likeness (QED) is 0.731. The van der Waals surface area contributed by atoms with Crippen molar-refractivity contribution in [2.45, 2.75) is 46.5 Å². The molecule has 0 aliphatic rings. The zero-order valence-corrected chi connectivity index (χ0v) is 13.4. The molecule has 0 aromatic heterocycles. The molecule has 1 aromatic carbocycles. The van der Waals surface area contributed by atoms with Crippen LogP contribution in [0.25, 0.3) is 0 Å². The smallest absolute Gasteiger partial charge is 0.303 e. The van der Waals surface area contributed by atoms with Gasteiger partial charge in [-0.15, -0.1) is 0 Å². The molecule has 5 heteroatoms. The number of carbonyl (C=O) groups is 2. The molecule has 0 spiro atoms. The van der Waals surface area contributed by atoms with Crippen molar-refractivity contribution in [3.8, 4) is 5.75 Å². The number of Topliss-reactive ketones (excluding diaryl/α,β-unsaturated/α-hetero) is 1. The summed E-state index contributed by atoms with van der Waals surface area (Å²) in [6.45, 7) is 6.17. The molecule has 0 fully saturated rings. The minimum atomic E-state index is -0.899. The molecule has 0 heterocycles. The second kappa shape index (κ2) is 8.03. The van der Waals surface area contributed by atoms with E-state index >= 15 is 0 Å². The van der Waals surface area contributed by atoms with Gasteiger partial charge in [0, 0.05) is 17.9 Å². The maximum atomic E-state index is 12.4. The van der Waals surface area contributed by atoms with Crippen LogP contribution in [0.2, 0.25) is 5.02 Å². The number of hydrogen-bond acceptors (Lipinski definition) is 3. The van der Waals surface area contributed by atoms with Crippen LogP contribution < -0.4 is 4.74 Å². The first-order valence-electron chi connectivity index (χ1n) is 7.06. The van der Waals surface area contributed by atoms with Crippen LogP contribution in [0.1, 0.15) is 54.1 Å². The Morgan fingerprint density at radius 2 is 1.95 bits per heavy atom. The molecule has 0 bridgehead atoms. The summed E-state index contributed by atoms with van der Waals surface area (Å²) >= 11 is 6.22. The highest BCUT2D eigenvalue weighted by atomic mass is 35.5. The Bertz CT molecular complexity index is 538. The average Bonchev–Trinajstić information content (AvgIpc) is 2.41. The van der Waals surface area contributed by atoms with Crippen molar-refractivity contribution in [2.24, 2.45) is 0 Å². The van der Waals surface area contributed by atoms with Gasteiger partial charge in [-0.05, 0) is 43.9 Å². The molecule has 1 aromatic rings. The second-order valence-electron chi connectivity index (χ2n) is 5.02. The summed E-state index contributed by atoms with van der Waals surface area (Å²) in [6.07, 6.45) is 1.31. The van der Waals surface area contributed by atoms with Crippen molar-refractivity contribution in [1.29, 1.82) is 0 Å². The first kappa shape index (κ1) is 17.5. The van der Waals surface area contributed by atoms with Crippen molar-refractivity contribution in [1.82, 2.24) is 0 Å². The number of aryl methyl sites for hydroxylation is 1. The molecule has 1 N–H and O–H groups in total. The molecule has 0 saturated carbocycles. The molecule has 21 heavy (non-hydrogen) atoms. The van der Waals surface area contributed by atoms with Gasteiger partial charge in [0.1, 0.15) is 5.75 Å². The lowest BCUT2D eigenvalue weighted by Gasteiger charge is -2.15. The van der Waals surface area contributed by atoms with Crippen molar-refractivity contribution < 1.29 is 19.4 Å². The Balaban J connectivity index is 3.04. The summed E-state index contributed by atoms with van der Waals surface area (Å²) in [5.74, 6) is -0.484. The minimum absolute atomic E-state index is 0.0183. The third kappa shape index (κ3) is 4.74. The van der Waals surface area contributed by atoms with Gasteiger partial charge >= 0.3 is 5.97 Å². The number of carboxylic acid groups (broad SMARTS) is 1. The van der Waals surface area contributed by atoms with E-state index in [1.165, 1.54) is 0 Å². The van der Waals surface area contributed by atoms with Gasteiger partial charge in [-0.3, -0.25) is 9.59 Å². The molecule has 0 radical (unpaired) electrons. The van der Waals surface area contributed by atoms with E-state index < -0.39 is 5.97 Å². The van der Waals surface area contributed by atoms with Crippen molar-refractivity contribution in [2.75, 3.05) is 6.61 Å². The number of hydrogen-bond donors (Lipinski definition) is 1. The lowest BCUT2D eigenvalue weighted by molar-refractivity contribution is -0.137. The maximum absolute atomic E-state index is 12.4. The second-order valence-corrected chi connectivity index (χ2v) is 5.40. The van der Waals surface area contributed by atoms with E-state index in [-0.39, 0.29) is 18.6 Å². The van der Waals surface area contributed by atoms with E-state index in [0.29, 0.717) is 34.9 Å². The number of halogens is 1. The summed E-state index contributed by atoms with van der Waals surface area (Å²) in [7, 11) is 0. The van der Waals surface area contributed by atoms with Crippen LogP contribution in [0.3, 0.4) is 0 Å². The van der Waals surface area contributed by atoms with Crippen LogP contribution in [0.4, 0.5) is 0 Å². The molecule has 1 rings (SSSR count). The molecule has 4 nitrogen and oxygen atoms in total. The largest absolute Gasteiger partial charge is 0.493 e. The van der Waals surface area contributed by atoms with E-state index in [4.69, 9.17) is 21.4 Å². The third-order valence-electron chi connectivity index (χ3n) is 3.18. The first-order chi connectivity index (χ1) is 9.88. The van der Waals surface area contributed by atoms with E-state index in [2.05, 4.69) is 0 Å². The summed E-state index contributed by atoms with van der Waals surface area (Å²) in [4.78, 5) is 22.9. The Morgan fingerprint density at radius 1 is 1.29 bits per heavy atom. The SMILES string of the molecule is CCCOc1cc(C)c(Cl)c(C)c1C(=O)CCCC(=O)O. The van der Waals surface area contributed by atoms with Crippen molar-refractivity contribution >= 4 is 23.4 Å². The highest BCUT2D eigenvalue weighted by Gasteiger charge is 2.19. The predicted octanol–water partition coefficient (Wildman–Crippen LogP) is 4.18. The maximum Gasteiger partial charge on any atom is 0.303 e. The van der Waals surface area contributed by atoms with E-state index in [0.717, 1.165) is 12.0 Å². The number of ether oxygens (including phenoxy) is 1. The van der Waals surface area contributed by atoms with Gasteiger partial charge < -0.3 is 9.84 Å². The Kier molecular flexibility index (Phi) is 6.69. The van der Waals surface area contributed by atoms with Crippen LogP contribution >= 0.6 is 11.6 Å². The van der Waals surface area contributed by atoms with Gasteiger partial charge in [0.05, 0.1) is 12.2 Å². The van der Waals surface area contributed by atoms with E-state index in [9.17, 15) is 9.59 Å². The van der Waals surface area contributed by atoms with Crippen LogP contribution in [-0.2, 0) is 4.79 Å².